The number of hydrazone groups is 1. The number of nitrogens with one attached hydrogen (secondary N) is 1. The minimum Gasteiger partial charge on any atom is -0.497 e. The van der Waals surface area contributed by atoms with Crippen molar-refractivity contribution in [2.75, 3.05) is 13.7 Å². The molecule has 0 aromatic heterocycles. The van der Waals surface area contributed by atoms with E-state index in [-0.39, 0.29) is 12.5 Å². The van der Waals surface area contributed by atoms with E-state index in [0.29, 0.717) is 17.1 Å². The van der Waals surface area contributed by atoms with Crippen molar-refractivity contribution in [2.45, 2.75) is 0 Å². The number of hydrogen-bond acceptors (Lipinski definition) is 4. The van der Waals surface area contributed by atoms with Gasteiger partial charge in [0, 0.05) is 11.1 Å². The van der Waals surface area contributed by atoms with Crippen LogP contribution in [0.3, 0.4) is 0 Å². The van der Waals surface area contributed by atoms with E-state index in [4.69, 9.17) is 15.9 Å². The maximum atomic E-state index is 12.0. The summed E-state index contributed by atoms with van der Waals surface area (Å²) in [6.07, 6.45) is 6.68. The van der Waals surface area contributed by atoms with E-state index in [0.717, 1.165) is 5.56 Å². The minimum atomic E-state index is -0.314. The first-order valence-electron chi connectivity index (χ1n) is 6.87. The van der Waals surface area contributed by atoms with Gasteiger partial charge in [-0.1, -0.05) is 18.1 Å². The number of carbonyl (C=O) groups is 1. The lowest BCUT2D eigenvalue weighted by molar-refractivity contribution is 0.0955. The SMILES string of the molecule is C#CCOc1ccccc1/C=N\NC(=O)c1ccc(OC)cc1. The van der Waals surface area contributed by atoms with Crippen molar-refractivity contribution in [1.29, 1.82) is 0 Å². The second-order valence-electron chi connectivity index (χ2n) is 4.46. The zero-order chi connectivity index (χ0) is 16.5. The van der Waals surface area contributed by atoms with Crippen molar-refractivity contribution in [3.63, 3.8) is 0 Å². The Bertz CT molecular complexity index is 731. The van der Waals surface area contributed by atoms with Gasteiger partial charge in [-0.05, 0) is 36.4 Å². The summed E-state index contributed by atoms with van der Waals surface area (Å²) in [6.45, 7) is 0.170. The number of para-hydroxylation sites is 1. The van der Waals surface area contributed by atoms with E-state index in [1.165, 1.54) is 6.21 Å². The first kappa shape index (κ1) is 16.1. The summed E-state index contributed by atoms with van der Waals surface area (Å²) in [7, 11) is 1.57. The van der Waals surface area contributed by atoms with Gasteiger partial charge >= 0.3 is 0 Å². The average molecular weight is 308 g/mol. The lowest BCUT2D eigenvalue weighted by Gasteiger charge is -2.05. The topological polar surface area (TPSA) is 59.9 Å². The Balaban J connectivity index is 2.01. The van der Waals surface area contributed by atoms with E-state index >= 15 is 0 Å². The minimum absolute atomic E-state index is 0.170. The number of ether oxygens (including phenoxy) is 2. The molecule has 0 saturated carbocycles. The second-order valence-corrected chi connectivity index (χ2v) is 4.46. The highest BCUT2D eigenvalue weighted by Gasteiger charge is 2.04. The molecule has 0 atom stereocenters. The molecule has 5 nitrogen and oxygen atoms in total. The van der Waals surface area contributed by atoms with Crippen LogP contribution in [0, 0.1) is 12.3 Å². The van der Waals surface area contributed by atoms with Crippen LogP contribution in [0.2, 0.25) is 0 Å². The normalized spacial score (nSPS) is 10.1. The lowest BCUT2D eigenvalue weighted by atomic mass is 10.2. The van der Waals surface area contributed by atoms with Gasteiger partial charge in [-0.3, -0.25) is 4.79 Å². The first-order valence-corrected chi connectivity index (χ1v) is 6.87. The van der Waals surface area contributed by atoms with Gasteiger partial charge in [0.25, 0.3) is 5.91 Å². The van der Waals surface area contributed by atoms with Gasteiger partial charge in [-0.2, -0.15) is 5.10 Å². The van der Waals surface area contributed by atoms with Crippen LogP contribution < -0.4 is 14.9 Å². The van der Waals surface area contributed by atoms with Crippen molar-refractivity contribution in [2.24, 2.45) is 5.10 Å². The van der Waals surface area contributed by atoms with Gasteiger partial charge in [0.15, 0.2) is 0 Å². The maximum Gasteiger partial charge on any atom is 0.271 e. The molecular formula is C18H16N2O3. The highest BCUT2D eigenvalue weighted by atomic mass is 16.5. The number of nitrogens with zero attached hydrogens (tertiary/aromatic N) is 1. The number of benzene rings is 2. The van der Waals surface area contributed by atoms with Crippen LogP contribution in [0.15, 0.2) is 53.6 Å². The molecule has 0 aliphatic heterocycles. The van der Waals surface area contributed by atoms with Gasteiger partial charge in [0.1, 0.15) is 18.1 Å². The third-order valence-corrected chi connectivity index (χ3v) is 2.95. The zero-order valence-electron chi connectivity index (χ0n) is 12.7. The molecule has 1 amide bonds. The highest BCUT2D eigenvalue weighted by Crippen LogP contribution is 2.15. The Kier molecular flexibility index (Phi) is 5.78. The average Bonchev–Trinajstić information content (AvgIpc) is 2.61. The zero-order valence-corrected chi connectivity index (χ0v) is 12.7. The number of methoxy groups -OCH3 is 1. The van der Waals surface area contributed by atoms with Crippen LogP contribution in [0.5, 0.6) is 11.5 Å². The van der Waals surface area contributed by atoms with E-state index in [2.05, 4.69) is 16.4 Å². The summed E-state index contributed by atoms with van der Waals surface area (Å²) in [4.78, 5) is 12.0. The molecule has 116 valence electrons. The summed E-state index contributed by atoms with van der Waals surface area (Å²) in [5.41, 5.74) is 3.67. The fourth-order valence-electron chi connectivity index (χ4n) is 1.81. The summed E-state index contributed by atoms with van der Waals surface area (Å²) in [5, 5.41) is 3.94. The molecule has 0 bridgehead atoms. The van der Waals surface area contributed by atoms with Crippen LogP contribution in [-0.2, 0) is 0 Å². The molecule has 23 heavy (non-hydrogen) atoms. The molecule has 0 unspecified atom stereocenters. The highest BCUT2D eigenvalue weighted by molar-refractivity contribution is 5.95. The molecular weight excluding hydrogens is 292 g/mol. The monoisotopic (exact) mass is 308 g/mol. The fourth-order valence-corrected chi connectivity index (χ4v) is 1.81. The first-order chi connectivity index (χ1) is 11.2. The molecule has 0 aliphatic carbocycles. The van der Waals surface area contributed by atoms with E-state index in [1.807, 2.05) is 18.2 Å². The van der Waals surface area contributed by atoms with Crippen molar-refractivity contribution >= 4 is 12.1 Å². The van der Waals surface area contributed by atoms with E-state index in [9.17, 15) is 4.79 Å². The van der Waals surface area contributed by atoms with Crippen molar-refractivity contribution in [3.8, 4) is 23.8 Å². The second kappa shape index (κ2) is 8.25. The molecule has 5 heteroatoms. The van der Waals surface area contributed by atoms with Gasteiger partial charge in [0.05, 0.1) is 13.3 Å². The fraction of sp³-hybridized carbons (Fsp3) is 0.111. The predicted molar refractivity (Wildman–Crippen MR) is 88.8 cm³/mol. The molecule has 0 heterocycles. The number of carbonyl (C=O) groups excluding carboxylic acids is 1. The summed E-state index contributed by atoms with van der Waals surface area (Å²) in [6, 6.07) is 14.0. The molecule has 1 N–H and O–H groups in total. The lowest BCUT2D eigenvalue weighted by Crippen LogP contribution is -2.17. The van der Waals surface area contributed by atoms with Gasteiger partial charge in [-0.25, -0.2) is 5.43 Å². The molecule has 2 aromatic rings. The van der Waals surface area contributed by atoms with Gasteiger partial charge < -0.3 is 9.47 Å². The third kappa shape index (κ3) is 4.61. The molecule has 2 aromatic carbocycles. The summed E-state index contributed by atoms with van der Waals surface area (Å²) < 4.78 is 10.4. The van der Waals surface area contributed by atoms with Crippen LogP contribution >= 0.6 is 0 Å². The Morgan fingerprint density at radius 3 is 2.70 bits per heavy atom. The Morgan fingerprint density at radius 1 is 1.26 bits per heavy atom. The largest absolute Gasteiger partial charge is 0.497 e. The van der Waals surface area contributed by atoms with Crippen molar-refractivity contribution in [3.05, 3.63) is 59.7 Å². The van der Waals surface area contributed by atoms with Gasteiger partial charge in [0.2, 0.25) is 0 Å². The maximum absolute atomic E-state index is 12.0. The Hall–Kier alpha value is -3.26. The Morgan fingerprint density at radius 2 is 2.00 bits per heavy atom. The standard InChI is InChI=1S/C18H16N2O3/c1-3-12-23-17-7-5-4-6-15(17)13-19-20-18(21)14-8-10-16(22-2)11-9-14/h1,4-11,13H,12H2,2H3,(H,20,21)/b19-13-. The number of rotatable bonds is 6. The molecule has 0 spiro atoms. The van der Waals surface area contributed by atoms with E-state index in [1.54, 1.807) is 37.4 Å². The molecule has 0 aliphatic rings. The quantitative estimate of drug-likeness (QED) is 0.506. The predicted octanol–water partition coefficient (Wildman–Crippen LogP) is 2.47. The van der Waals surface area contributed by atoms with Crippen LogP contribution in [0.4, 0.5) is 0 Å². The molecule has 0 fully saturated rings. The van der Waals surface area contributed by atoms with E-state index < -0.39 is 0 Å². The molecule has 0 radical (unpaired) electrons. The van der Waals surface area contributed by atoms with Crippen LogP contribution in [0.25, 0.3) is 0 Å². The smallest absolute Gasteiger partial charge is 0.271 e. The number of amides is 1. The number of terminal acetylenes is 1. The van der Waals surface area contributed by atoms with Crippen molar-refractivity contribution in [1.82, 2.24) is 5.43 Å². The van der Waals surface area contributed by atoms with Crippen molar-refractivity contribution < 1.29 is 14.3 Å². The molecule has 0 saturated heterocycles. The number of hydrogen-bond donors (Lipinski definition) is 1. The molecule has 2 rings (SSSR count). The third-order valence-electron chi connectivity index (χ3n) is 2.95. The van der Waals surface area contributed by atoms with Crippen LogP contribution in [0.1, 0.15) is 15.9 Å². The Labute approximate surface area is 134 Å². The summed E-state index contributed by atoms with van der Waals surface area (Å²) in [5.74, 6) is 3.38. The van der Waals surface area contributed by atoms with Gasteiger partial charge in [-0.15, -0.1) is 6.42 Å². The van der Waals surface area contributed by atoms with Crippen LogP contribution in [-0.4, -0.2) is 25.8 Å². The summed E-state index contributed by atoms with van der Waals surface area (Å²) >= 11 is 0.